The number of hydrogen-bond acceptors (Lipinski definition) is 8. The smallest absolute Gasteiger partial charge is 0.274 e. The van der Waals surface area contributed by atoms with Gasteiger partial charge in [0.25, 0.3) is 5.91 Å². The van der Waals surface area contributed by atoms with E-state index in [1.165, 1.54) is 12.3 Å². The number of aryl methyl sites for hydroxylation is 1. The van der Waals surface area contributed by atoms with Crippen molar-refractivity contribution in [3.63, 3.8) is 0 Å². The Kier molecular flexibility index (Phi) is 6.00. The standard InChI is InChI=1S/C22H29ClN4O5S2/c1-12-9-13(23)11-25-18(12)19(28)26-14-5-6-16-15(10-14)22(4)17(7-8-33(16,29)30)34(31,32)21(2,3)20(24)27-22/h5-6,9-11,17,29-32H,7-8H2,1-4H3,(H2,24,27)(H,26,28)/t17-,22-/m1/s1. The Balaban J connectivity index is 1.84. The number of halogens is 1. The quantitative estimate of drug-likeness (QED) is 0.308. The molecule has 1 aromatic heterocycles. The van der Waals surface area contributed by atoms with Crippen LogP contribution in [0.25, 0.3) is 0 Å². The van der Waals surface area contributed by atoms with Gasteiger partial charge >= 0.3 is 0 Å². The van der Waals surface area contributed by atoms with Gasteiger partial charge in [-0.25, -0.2) is 4.98 Å². The lowest BCUT2D eigenvalue weighted by molar-refractivity contribution is 0.102. The third kappa shape index (κ3) is 3.79. The predicted molar refractivity (Wildman–Crippen MR) is 139 cm³/mol. The molecule has 7 N–H and O–H groups in total. The van der Waals surface area contributed by atoms with E-state index in [1.54, 1.807) is 45.9 Å². The van der Waals surface area contributed by atoms with Crippen molar-refractivity contribution in [3.05, 3.63) is 52.3 Å². The average Bonchev–Trinajstić information content (AvgIpc) is 2.80. The van der Waals surface area contributed by atoms with Gasteiger partial charge in [-0.2, -0.15) is 21.2 Å². The molecule has 1 amide bonds. The predicted octanol–water partition coefficient (Wildman–Crippen LogP) is 5.29. The third-order valence-corrected chi connectivity index (χ3v) is 12.1. The summed E-state index contributed by atoms with van der Waals surface area (Å²) in [6.45, 7) is 6.69. The van der Waals surface area contributed by atoms with Crippen LogP contribution in [-0.2, 0) is 5.54 Å². The lowest BCUT2D eigenvalue weighted by Gasteiger charge is -2.58. The van der Waals surface area contributed by atoms with Gasteiger partial charge in [0, 0.05) is 23.2 Å². The van der Waals surface area contributed by atoms with Gasteiger partial charge in [0.2, 0.25) is 0 Å². The Labute approximate surface area is 206 Å². The SMILES string of the molecule is Cc1cc(Cl)cnc1C(=O)Nc1ccc2c(c1)[C@@]1(C)N=C(N)C(C)(C)S(O)(O)[C@@H]1CCS2(O)O. The molecule has 2 aliphatic rings. The molecule has 4 rings (SSSR count). The first-order valence-corrected chi connectivity index (χ1v) is 14.3. The lowest BCUT2D eigenvalue weighted by Crippen LogP contribution is -2.56. The fourth-order valence-corrected chi connectivity index (χ4v) is 8.98. The Morgan fingerprint density at radius 3 is 2.53 bits per heavy atom. The normalized spacial score (nSPS) is 28.4. The van der Waals surface area contributed by atoms with E-state index in [0.717, 1.165) is 0 Å². The van der Waals surface area contributed by atoms with Crippen LogP contribution in [0.2, 0.25) is 5.02 Å². The van der Waals surface area contributed by atoms with Crippen LogP contribution in [-0.4, -0.2) is 50.7 Å². The van der Waals surface area contributed by atoms with Gasteiger partial charge in [0.05, 0.1) is 15.2 Å². The van der Waals surface area contributed by atoms with Crippen molar-refractivity contribution in [2.24, 2.45) is 10.7 Å². The highest BCUT2D eigenvalue weighted by Crippen LogP contribution is 2.69. The van der Waals surface area contributed by atoms with Gasteiger partial charge in [-0.1, -0.05) is 11.6 Å². The third-order valence-electron chi connectivity index (χ3n) is 6.80. The second-order valence-corrected chi connectivity index (χ2v) is 14.8. The minimum absolute atomic E-state index is 0.0404. The van der Waals surface area contributed by atoms with Crippen LogP contribution in [0.4, 0.5) is 5.69 Å². The molecule has 0 spiro atoms. The molecule has 1 aromatic carbocycles. The molecule has 12 heteroatoms. The van der Waals surface area contributed by atoms with Crippen LogP contribution in [0.15, 0.2) is 40.4 Å². The number of carbonyl (C=O) groups is 1. The van der Waals surface area contributed by atoms with E-state index in [2.05, 4.69) is 10.3 Å². The number of carbonyl (C=O) groups excluding carboxylic acids is 1. The van der Waals surface area contributed by atoms with E-state index >= 15 is 0 Å². The van der Waals surface area contributed by atoms with Crippen molar-refractivity contribution in [2.75, 3.05) is 11.1 Å². The molecule has 0 saturated heterocycles. The number of amidine groups is 1. The summed E-state index contributed by atoms with van der Waals surface area (Å²) in [6, 6.07) is 6.33. The molecule has 2 aromatic rings. The first-order valence-electron chi connectivity index (χ1n) is 10.6. The largest absolute Gasteiger partial charge is 0.386 e. The minimum Gasteiger partial charge on any atom is -0.386 e. The van der Waals surface area contributed by atoms with Crippen LogP contribution in [0.1, 0.15) is 48.8 Å². The highest BCUT2D eigenvalue weighted by molar-refractivity contribution is 8.27. The first-order chi connectivity index (χ1) is 15.6. The number of anilines is 1. The highest BCUT2D eigenvalue weighted by Gasteiger charge is 2.58. The number of aromatic nitrogens is 1. The molecule has 186 valence electrons. The first kappa shape index (κ1) is 25.2. The van der Waals surface area contributed by atoms with Crippen molar-refractivity contribution in [1.29, 1.82) is 0 Å². The van der Waals surface area contributed by atoms with E-state index in [1.807, 2.05) is 0 Å². The van der Waals surface area contributed by atoms with Crippen LogP contribution in [0.3, 0.4) is 0 Å². The second-order valence-electron chi connectivity index (χ2n) is 9.38. The van der Waals surface area contributed by atoms with Gasteiger partial charge in [-0.3, -0.25) is 28.0 Å². The number of amides is 1. The monoisotopic (exact) mass is 528 g/mol. The van der Waals surface area contributed by atoms with Crippen molar-refractivity contribution in [3.8, 4) is 0 Å². The fourth-order valence-electron chi connectivity index (χ4n) is 4.60. The zero-order valence-electron chi connectivity index (χ0n) is 19.2. The number of fused-ring (bicyclic) bond motifs is 3. The Morgan fingerprint density at radius 2 is 1.88 bits per heavy atom. The van der Waals surface area contributed by atoms with Crippen LogP contribution >= 0.6 is 32.8 Å². The summed E-state index contributed by atoms with van der Waals surface area (Å²) in [5, 5.41) is 2.39. The molecule has 0 radical (unpaired) electrons. The summed E-state index contributed by atoms with van der Waals surface area (Å²) in [4.78, 5) is 21.9. The van der Waals surface area contributed by atoms with Crippen molar-refractivity contribution in [1.82, 2.24) is 4.98 Å². The summed E-state index contributed by atoms with van der Waals surface area (Å²) >= 11 is 5.94. The molecule has 2 aliphatic heterocycles. The van der Waals surface area contributed by atoms with E-state index < -0.39 is 42.6 Å². The highest BCUT2D eigenvalue weighted by atomic mass is 35.5. The molecule has 3 heterocycles. The van der Waals surface area contributed by atoms with E-state index in [9.17, 15) is 23.0 Å². The maximum absolute atomic E-state index is 12.9. The zero-order chi connectivity index (χ0) is 25.3. The summed E-state index contributed by atoms with van der Waals surface area (Å²) in [6.07, 6.45) is 1.51. The molecule has 0 fully saturated rings. The molecule has 2 atom stereocenters. The van der Waals surface area contributed by atoms with E-state index in [-0.39, 0.29) is 28.6 Å². The molecule has 0 aliphatic carbocycles. The van der Waals surface area contributed by atoms with Gasteiger partial charge in [-0.15, -0.1) is 0 Å². The lowest BCUT2D eigenvalue weighted by atomic mass is 9.86. The minimum atomic E-state index is -3.35. The Morgan fingerprint density at radius 1 is 1.21 bits per heavy atom. The Bertz CT molecular complexity index is 1220. The topological polar surface area (TPSA) is 161 Å². The summed E-state index contributed by atoms with van der Waals surface area (Å²) in [5.41, 5.74) is 6.52. The number of hydrogen-bond donors (Lipinski definition) is 6. The zero-order valence-corrected chi connectivity index (χ0v) is 21.6. The summed E-state index contributed by atoms with van der Waals surface area (Å²) in [5.74, 6) is -0.430. The van der Waals surface area contributed by atoms with Crippen molar-refractivity contribution in [2.45, 2.75) is 54.5 Å². The molecule has 34 heavy (non-hydrogen) atoms. The Hall–Kier alpha value is -1.86. The van der Waals surface area contributed by atoms with Gasteiger partial charge in [-0.05, 0) is 63.9 Å². The molecule has 0 saturated carbocycles. The fraction of sp³-hybridized carbons (Fsp3) is 0.409. The number of aliphatic imine (C=N–C) groups is 1. The van der Waals surface area contributed by atoms with Gasteiger partial charge in [0.15, 0.2) is 0 Å². The van der Waals surface area contributed by atoms with E-state index in [0.29, 0.717) is 21.8 Å². The van der Waals surface area contributed by atoms with Crippen molar-refractivity contribution >= 4 is 50.2 Å². The van der Waals surface area contributed by atoms with Gasteiger partial charge < -0.3 is 11.1 Å². The summed E-state index contributed by atoms with van der Waals surface area (Å²) in [7, 11) is -6.60. The number of nitrogens with two attached hydrogens (primary N) is 1. The number of pyridine rings is 1. The number of nitrogens with zero attached hydrogens (tertiary/aromatic N) is 2. The van der Waals surface area contributed by atoms with Crippen LogP contribution in [0.5, 0.6) is 0 Å². The average molecular weight is 529 g/mol. The number of benzene rings is 1. The van der Waals surface area contributed by atoms with E-state index in [4.69, 9.17) is 22.3 Å². The number of nitrogens with one attached hydrogen (secondary N) is 1. The molecular formula is C22H29ClN4O5S2. The van der Waals surface area contributed by atoms with Crippen molar-refractivity contribution < 1.29 is 23.0 Å². The van der Waals surface area contributed by atoms with Crippen LogP contribution < -0.4 is 11.1 Å². The second kappa shape index (κ2) is 8.09. The van der Waals surface area contributed by atoms with Gasteiger partial charge in [0.1, 0.15) is 21.8 Å². The summed E-state index contributed by atoms with van der Waals surface area (Å²) < 4.78 is 43.3. The molecule has 0 bridgehead atoms. The maximum atomic E-state index is 12.9. The van der Waals surface area contributed by atoms with Crippen LogP contribution in [0, 0.1) is 6.92 Å². The molecule has 0 unspecified atom stereocenters. The molecular weight excluding hydrogens is 500 g/mol. The number of rotatable bonds is 2. The molecule has 9 nitrogen and oxygen atoms in total. The maximum Gasteiger partial charge on any atom is 0.274 e.